The van der Waals surface area contributed by atoms with Crippen LogP contribution in [-0.4, -0.2) is 52.6 Å². The number of ether oxygens (including phenoxy) is 1. The van der Waals surface area contributed by atoms with Gasteiger partial charge in [0.1, 0.15) is 5.60 Å². The fourth-order valence-corrected chi connectivity index (χ4v) is 3.87. The maximum atomic E-state index is 13.5. The topological polar surface area (TPSA) is 45.1 Å². The Morgan fingerprint density at radius 2 is 1.64 bits per heavy atom. The molecule has 1 amide bonds. The summed E-state index contributed by atoms with van der Waals surface area (Å²) in [4.78, 5) is 19.0. The normalized spacial score (nSPS) is 19.6. The lowest BCUT2D eigenvalue weighted by Crippen LogP contribution is -2.50. The molecule has 0 aromatic heterocycles. The number of benzene rings is 1. The summed E-state index contributed by atoms with van der Waals surface area (Å²) in [5, 5.41) is 0. The van der Waals surface area contributed by atoms with Crippen molar-refractivity contribution in [2.75, 3.05) is 13.1 Å². The third-order valence-electron chi connectivity index (χ3n) is 5.24. The molecule has 0 saturated carbocycles. The van der Waals surface area contributed by atoms with Gasteiger partial charge in [0.25, 0.3) is 0 Å². The molecule has 33 heavy (non-hydrogen) atoms. The van der Waals surface area contributed by atoms with Crippen molar-refractivity contribution in [2.45, 2.75) is 64.7 Å². The van der Waals surface area contributed by atoms with Gasteiger partial charge in [-0.1, -0.05) is 12.1 Å². The predicted molar refractivity (Wildman–Crippen MR) is 109 cm³/mol. The van der Waals surface area contributed by atoms with Gasteiger partial charge in [-0.25, -0.2) is 4.79 Å². The molecular formula is C22H25F6N3O2. The Balaban J connectivity index is 1.93. The molecule has 5 nitrogen and oxygen atoms in total. The highest BCUT2D eigenvalue weighted by molar-refractivity contribution is 6.00. The van der Waals surface area contributed by atoms with Crippen molar-refractivity contribution in [1.82, 2.24) is 9.80 Å². The first-order valence-electron chi connectivity index (χ1n) is 10.4. The minimum absolute atomic E-state index is 0.0316. The molecule has 0 spiro atoms. The molecule has 0 fully saturated rings. The molecule has 0 bridgehead atoms. The Hall–Kier alpha value is -2.72. The number of hydrogen-bond acceptors (Lipinski definition) is 4. The van der Waals surface area contributed by atoms with Crippen LogP contribution in [0.5, 0.6) is 0 Å². The molecule has 1 aromatic rings. The second kappa shape index (κ2) is 8.57. The third kappa shape index (κ3) is 5.62. The van der Waals surface area contributed by atoms with Gasteiger partial charge >= 0.3 is 18.4 Å². The highest BCUT2D eigenvalue weighted by Crippen LogP contribution is 2.38. The highest BCUT2D eigenvalue weighted by atomic mass is 19.4. The van der Waals surface area contributed by atoms with E-state index in [1.165, 1.54) is 24.0 Å². The molecule has 11 heteroatoms. The number of rotatable bonds is 3. The number of aliphatic imine (C=N–C) groups is 1. The SMILES string of the molecule is CC1=NC(C(F)(F)F)N2CCN(C(=O)OC(C)(C)C)C(CCc3ccc(C(F)(F)F)cc3)=C12. The summed E-state index contributed by atoms with van der Waals surface area (Å²) in [6.45, 7) is 6.37. The van der Waals surface area contributed by atoms with E-state index in [9.17, 15) is 31.1 Å². The molecule has 0 aliphatic carbocycles. The first kappa shape index (κ1) is 24.9. The number of nitrogens with zero attached hydrogens (tertiary/aromatic N) is 3. The molecule has 2 aliphatic rings. The van der Waals surface area contributed by atoms with Crippen molar-refractivity contribution < 1.29 is 35.9 Å². The van der Waals surface area contributed by atoms with E-state index in [-0.39, 0.29) is 37.3 Å². The maximum absolute atomic E-state index is 13.5. The standard InChI is InChI=1S/C22H25F6N3O2/c1-13-17-16(10-7-14-5-8-15(9-6-14)21(23,24)25)30(19(32)33-20(2,3)4)11-12-31(17)18(29-13)22(26,27)28/h5-6,8-9,18H,7,10-12H2,1-4H3. The zero-order chi connectivity index (χ0) is 24.8. The third-order valence-corrected chi connectivity index (χ3v) is 5.24. The molecule has 1 aromatic carbocycles. The quantitative estimate of drug-likeness (QED) is 0.520. The second-order valence-corrected chi connectivity index (χ2v) is 8.95. The Bertz CT molecular complexity index is 958. The second-order valence-electron chi connectivity index (χ2n) is 8.95. The lowest BCUT2D eigenvalue weighted by Gasteiger charge is -2.39. The van der Waals surface area contributed by atoms with Crippen LogP contribution in [0, 0.1) is 0 Å². The molecule has 0 saturated heterocycles. The molecular weight excluding hydrogens is 452 g/mol. The summed E-state index contributed by atoms with van der Waals surface area (Å²) in [5.41, 5.74) is -0.389. The van der Waals surface area contributed by atoms with Gasteiger partial charge in [-0.2, -0.15) is 26.3 Å². The fraction of sp³-hybridized carbons (Fsp3) is 0.545. The lowest BCUT2D eigenvalue weighted by atomic mass is 10.0. The van der Waals surface area contributed by atoms with Crippen molar-refractivity contribution in [3.8, 4) is 0 Å². The molecule has 2 heterocycles. The van der Waals surface area contributed by atoms with Crippen LogP contribution in [0.2, 0.25) is 0 Å². The van der Waals surface area contributed by atoms with Gasteiger partial charge in [0.05, 0.1) is 17.0 Å². The Morgan fingerprint density at radius 3 is 2.15 bits per heavy atom. The molecule has 0 radical (unpaired) electrons. The van der Waals surface area contributed by atoms with Crippen LogP contribution in [0.15, 0.2) is 40.7 Å². The van der Waals surface area contributed by atoms with Gasteiger partial charge in [0.15, 0.2) is 0 Å². The lowest BCUT2D eigenvalue weighted by molar-refractivity contribution is -0.174. The number of halogens is 6. The van der Waals surface area contributed by atoms with Crippen LogP contribution in [-0.2, 0) is 17.3 Å². The molecule has 182 valence electrons. The van der Waals surface area contributed by atoms with Crippen LogP contribution < -0.4 is 0 Å². The van der Waals surface area contributed by atoms with E-state index < -0.39 is 35.8 Å². The van der Waals surface area contributed by atoms with E-state index in [0.29, 0.717) is 11.3 Å². The van der Waals surface area contributed by atoms with Crippen molar-refractivity contribution in [1.29, 1.82) is 0 Å². The van der Waals surface area contributed by atoms with Gasteiger partial charge in [-0.15, -0.1) is 0 Å². The molecule has 2 aliphatic heterocycles. The highest BCUT2D eigenvalue weighted by Gasteiger charge is 2.50. The minimum atomic E-state index is -4.59. The van der Waals surface area contributed by atoms with Crippen molar-refractivity contribution >= 4 is 11.8 Å². The van der Waals surface area contributed by atoms with Gasteiger partial charge < -0.3 is 9.64 Å². The largest absolute Gasteiger partial charge is 0.443 e. The number of allylic oxidation sites excluding steroid dienone is 2. The predicted octanol–water partition coefficient (Wildman–Crippen LogP) is 5.77. The summed E-state index contributed by atoms with van der Waals surface area (Å²) >= 11 is 0. The summed E-state index contributed by atoms with van der Waals surface area (Å²) < 4.78 is 84.5. The van der Waals surface area contributed by atoms with Crippen molar-refractivity contribution in [3.63, 3.8) is 0 Å². The van der Waals surface area contributed by atoms with Crippen LogP contribution in [0.3, 0.4) is 0 Å². The van der Waals surface area contributed by atoms with Crippen LogP contribution >= 0.6 is 0 Å². The van der Waals surface area contributed by atoms with Gasteiger partial charge in [-0.3, -0.25) is 9.89 Å². The Labute approximate surface area is 187 Å². The Morgan fingerprint density at radius 1 is 1.03 bits per heavy atom. The van der Waals surface area contributed by atoms with E-state index in [4.69, 9.17) is 4.74 Å². The Kier molecular flexibility index (Phi) is 6.47. The first-order valence-corrected chi connectivity index (χ1v) is 10.4. The molecule has 3 rings (SSSR count). The van der Waals surface area contributed by atoms with Crippen molar-refractivity contribution in [2.24, 2.45) is 4.99 Å². The van der Waals surface area contributed by atoms with Gasteiger partial charge in [-0.05, 0) is 58.2 Å². The number of amides is 1. The number of carbonyl (C=O) groups is 1. The first-order chi connectivity index (χ1) is 15.1. The van der Waals surface area contributed by atoms with E-state index in [1.807, 2.05) is 0 Å². The molecule has 1 unspecified atom stereocenters. The smallest absolute Gasteiger partial charge is 0.429 e. The summed E-state index contributed by atoms with van der Waals surface area (Å²) in [5.74, 6) is 0. The number of aryl methyl sites for hydroxylation is 1. The van der Waals surface area contributed by atoms with E-state index in [1.54, 1.807) is 20.8 Å². The number of carbonyl (C=O) groups excluding carboxylic acids is 1. The number of alkyl halides is 6. The van der Waals surface area contributed by atoms with E-state index >= 15 is 0 Å². The van der Waals surface area contributed by atoms with E-state index in [2.05, 4.69) is 4.99 Å². The summed E-state index contributed by atoms with van der Waals surface area (Å²) in [6, 6.07) is 4.54. The van der Waals surface area contributed by atoms with Crippen molar-refractivity contribution in [3.05, 3.63) is 46.8 Å². The minimum Gasteiger partial charge on any atom is -0.443 e. The summed E-state index contributed by atoms with van der Waals surface area (Å²) in [7, 11) is 0. The average Bonchev–Trinajstić information content (AvgIpc) is 3.02. The monoisotopic (exact) mass is 477 g/mol. The zero-order valence-electron chi connectivity index (χ0n) is 18.6. The zero-order valence-corrected chi connectivity index (χ0v) is 18.6. The van der Waals surface area contributed by atoms with E-state index in [0.717, 1.165) is 17.0 Å². The van der Waals surface area contributed by atoms with Crippen LogP contribution in [0.4, 0.5) is 31.1 Å². The number of fused-ring (bicyclic) bond motifs is 1. The molecule has 0 N–H and O–H groups in total. The van der Waals surface area contributed by atoms with Crippen LogP contribution in [0.25, 0.3) is 0 Å². The average molecular weight is 477 g/mol. The fourth-order valence-electron chi connectivity index (χ4n) is 3.87. The number of hydrogen-bond donors (Lipinski definition) is 0. The van der Waals surface area contributed by atoms with Gasteiger partial charge in [0, 0.05) is 18.8 Å². The summed E-state index contributed by atoms with van der Waals surface area (Å²) in [6.07, 6.45) is -11.4. The van der Waals surface area contributed by atoms with Gasteiger partial charge in [0.2, 0.25) is 6.17 Å². The molecule has 1 atom stereocenters. The van der Waals surface area contributed by atoms with Crippen LogP contribution in [0.1, 0.15) is 45.2 Å². The maximum Gasteiger partial charge on any atom is 0.429 e.